The van der Waals surface area contributed by atoms with Crippen LogP contribution in [-0.2, 0) is 4.79 Å². The van der Waals surface area contributed by atoms with Crippen LogP contribution < -0.4 is 11.1 Å². The number of nitrogens with two attached hydrogens (primary N) is 1. The summed E-state index contributed by atoms with van der Waals surface area (Å²) in [6.07, 6.45) is 5.27. The van der Waals surface area contributed by atoms with Gasteiger partial charge in [0.25, 0.3) is 0 Å². The molecule has 3 nitrogen and oxygen atoms in total. The Balaban J connectivity index is 1.97. The van der Waals surface area contributed by atoms with Crippen molar-refractivity contribution in [3.63, 3.8) is 0 Å². The van der Waals surface area contributed by atoms with Gasteiger partial charge in [-0.2, -0.15) is 0 Å². The van der Waals surface area contributed by atoms with Crippen molar-refractivity contribution in [2.75, 3.05) is 0 Å². The largest absolute Gasteiger partial charge is 0.349 e. The van der Waals surface area contributed by atoms with Crippen LogP contribution in [0.2, 0.25) is 5.02 Å². The number of nitrogens with one attached hydrogen (secondary N) is 1. The van der Waals surface area contributed by atoms with Gasteiger partial charge < -0.3 is 11.1 Å². The molecule has 0 aliphatic heterocycles. The van der Waals surface area contributed by atoms with Crippen molar-refractivity contribution in [1.82, 2.24) is 5.32 Å². The minimum absolute atomic E-state index is 0.00471. The van der Waals surface area contributed by atoms with Crippen LogP contribution in [0.4, 0.5) is 0 Å². The Bertz CT molecular complexity index is 446. The fourth-order valence-corrected chi connectivity index (χ4v) is 2.94. The number of hydrogen-bond acceptors (Lipinski definition) is 2. The summed E-state index contributed by atoms with van der Waals surface area (Å²) < 4.78 is 0. The van der Waals surface area contributed by atoms with Crippen molar-refractivity contribution in [1.29, 1.82) is 0 Å². The Morgan fingerprint density at radius 2 is 1.90 bits per heavy atom. The average molecular weight is 295 g/mol. The lowest BCUT2D eigenvalue weighted by Gasteiger charge is -2.23. The molecule has 1 fully saturated rings. The van der Waals surface area contributed by atoms with Gasteiger partial charge in [0.05, 0.1) is 12.0 Å². The zero-order chi connectivity index (χ0) is 14.5. The molecule has 2 rings (SSSR count). The van der Waals surface area contributed by atoms with Gasteiger partial charge in [-0.05, 0) is 37.5 Å². The first-order valence-corrected chi connectivity index (χ1v) is 7.77. The first-order valence-electron chi connectivity index (χ1n) is 7.39. The van der Waals surface area contributed by atoms with Crippen LogP contribution in [0.15, 0.2) is 24.3 Å². The van der Waals surface area contributed by atoms with Gasteiger partial charge in [0.1, 0.15) is 0 Å². The van der Waals surface area contributed by atoms with Crippen LogP contribution in [0.1, 0.15) is 50.6 Å². The number of amides is 1. The third-order valence-electron chi connectivity index (χ3n) is 4.13. The lowest BCUT2D eigenvalue weighted by molar-refractivity contribution is -0.126. The Morgan fingerprint density at radius 3 is 2.60 bits per heavy atom. The fourth-order valence-electron chi connectivity index (χ4n) is 2.82. The highest BCUT2D eigenvalue weighted by atomic mass is 35.5. The zero-order valence-electron chi connectivity index (χ0n) is 11.9. The average Bonchev–Trinajstić information content (AvgIpc) is 2.64. The summed E-state index contributed by atoms with van der Waals surface area (Å²) in [5.41, 5.74) is 7.20. The number of benzene rings is 1. The van der Waals surface area contributed by atoms with Crippen molar-refractivity contribution in [3.8, 4) is 0 Å². The number of rotatable bonds is 3. The van der Waals surface area contributed by atoms with Crippen LogP contribution in [-0.4, -0.2) is 11.9 Å². The van der Waals surface area contributed by atoms with E-state index in [2.05, 4.69) is 5.32 Å². The molecule has 2 unspecified atom stereocenters. The minimum atomic E-state index is -0.0488. The van der Waals surface area contributed by atoms with Crippen LogP contribution in [0.3, 0.4) is 0 Å². The first kappa shape index (κ1) is 15.3. The third-order valence-corrected chi connectivity index (χ3v) is 4.39. The van der Waals surface area contributed by atoms with Crippen LogP contribution in [0, 0.1) is 5.92 Å². The SMILES string of the molecule is C[C@H](NC(=O)C1CCCCCC1N)c1ccc(Cl)cc1. The Kier molecular flexibility index (Phi) is 5.44. The van der Waals surface area contributed by atoms with E-state index in [1.54, 1.807) is 0 Å². The maximum atomic E-state index is 12.4. The van der Waals surface area contributed by atoms with E-state index in [1.807, 2.05) is 31.2 Å². The summed E-state index contributed by atoms with van der Waals surface area (Å²) in [5.74, 6) is 0.0362. The van der Waals surface area contributed by atoms with Crippen LogP contribution >= 0.6 is 11.6 Å². The van der Waals surface area contributed by atoms with Crippen LogP contribution in [0.5, 0.6) is 0 Å². The second kappa shape index (κ2) is 7.09. The molecule has 3 N–H and O–H groups in total. The molecule has 1 amide bonds. The monoisotopic (exact) mass is 294 g/mol. The molecule has 0 heterocycles. The lowest BCUT2D eigenvalue weighted by atomic mass is 9.94. The Morgan fingerprint density at radius 1 is 1.25 bits per heavy atom. The quantitative estimate of drug-likeness (QED) is 0.839. The van der Waals surface area contributed by atoms with Gasteiger partial charge in [0.2, 0.25) is 5.91 Å². The van der Waals surface area contributed by atoms with Gasteiger partial charge in [-0.25, -0.2) is 0 Å². The molecule has 0 saturated heterocycles. The Hall–Kier alpha value is -1.06. The molecule has 4 heteroatoms. The highest BCUT2D eigenvalue weighted by Crippen LogP contribution is 2.24. The molecule has 3 atom stereocenters. The molecule has 1 aliphatic carbocycles. The van der Waals surface area contributed by atoms with E-state index in [-0.39, 0.29) is 23.9 Å². The van der Waals surface area contributed by atoms with E-state index >= 15 is 0 Å². The Labute approximate surface area is 125 Å². The minimum Gasteiger partial charge on any atom is -0.349 e. The van der Waals surface area contributed by atoms with E-state index in [0.717, 1.165) is 31.2 Å². The van der Waals surface area contributed by atoms with Crippen molar-refractivity contribution in [2.45, 2.75) is 51.1 Å². The zero-order valence-corrected chi connectivity index (χ0v) is 12.7. The smallest absolute Gasteiger partial charge is 0.225 e. The van der Waals surface area contributed by atoms with Gasteiger partial charge in [-0.15, -0.1) is 0 Å². The molecule has 1 aliphatic rings. The van der Waals surface area contributed by atoms with Crippen molar-refractivity contribution >= 4 is 17.5 Å². The maximum absolute atomic E-state index is 12.4. The molecule has 0 bridgehead atoms. The highest BCUT2D eigenvalue weighted by Gasteiger charge is 2.27. The second-order valence-corrected chi connectivity index (χ2v) is 6.13. The third kappa shape index (κ3) is 3.97. The number of carbonyl (C=O) groups excluding carboxylic acids is 1. The van der Waals surface area contributed by atoms with E-state index in [0.29, 0.717) is 5.02 Å². The van der Waals surface area contributed by atoms with Crippen molar-refractivity contribution in [3.05, 3.63) is 34.9 Å². The maximum Gasteiger partial charge on any atom is 0.225 e. The normalized spacial score (nSPS) is 24.8. The van der Waals surface area contributed by atoms with E-state index < -0.39 is 0 Å². The fraction of sp³-hybridized carbons (Fsp3) is 0.562. The summed E-state index contributed by atoms with van der Waals surface area (Å²) in [6.45, 7) is 1.99. The van der Waals surface area contributed by atoms with Gasteiger partial charge in [-0.3, -0.25) is 4.79 Å². The van der Waals surface area contributed by atoms with Gasteiger partial charge in [0, 0.05) is 11.1 Å². The molecular weight excluding hydrogens is 272 g/mol. The predicted octanol–water partition coefficient (Wildman–Crippen LogP) is 3.42. The second-order valence-electron chi connectivity index (χ2n) is 5.69. The molecule has 20 heavy (non-hydrogen) atoms. The number of hydrogen-bond donors (Lipinski definition) is 2. The van der Waals surface area contributed by atoms with E-state index in [4.69, 9.17) is 17.3 Å². The summed E-state index contributed by atoms with van der Waals surface area (Å²) in [6, 6.07) is 7.55. The molecule has 0 spiro atoms. The van der Waals surface area contributed by atoms with Crippen molar-refractivity contribution in [2.24, 2.45) is 11.7 Å². The number of halogens is 1. The molecule has 0 radical (unpaired) electrons. The molecule has 1 aromatic rings. The molecular formula is C16H23ClN2O. The van der Waals surface area contributed by atoms with Gasteiger partial charge in [0.15, 0.2) is 0 Å². The summed E-state index contributed by atoms with van der Waals surface area (Å²) in [7, 11) is 0. The predicted molar refractivity (Wildman–Crippen MR) is 82.6 cm³/mol. The standard InChI is InChI=1S/C16H23ClN2O/c1-11(12-7-9-13(17)10-8-12)19-16(20)14-5-3-2-4-6-15(14)18/h7-11,14-15H,2-6,18H2,1H3,(H,19,20)/t11-,14?,15?/m0/s1. The topological polar surface area (TPSA) is 55.1 Å². The van der Waals surface area contributed by atoms with E-state index in [9.17, 15) is 4.79 Å². The number of carbonyl (C=O) groups is 1. The molecule has 1 aromatic carbocycles. The van der Waals surface area contributed by atoms with Gasteiger partial charge in [-0.1, -0.05) is 43.0 Å². The lowest BCUT2D eigenvalue weighted by Crippen LogP contribution is -2.42. The van der Waals surface area contributed by atoms with Gasteiger partial charge >= 0.3 is 0 Å². The highest BCUT2D eigenvalue weighted by molar-refractivity contribution is 6.30. The van der Waals surface area contributed by atoms with Crippen molar-refractivity contribution < 1.29 is 4.79 Å². The molecule has 110 valence electrons. The molecule has 1 saturated carbocycles. The summed E-state index contributed by atoms with van der Waals surface area (Å²) >= 11 is 5.88. The van der Waals surface area contributed by atoms with Crippen LogP contribution in [0.25, 0.3) is 0 Å². The first-order chi connectivity index (χ1) is 9.58. The molecule has 0 aromatic heterocycles. The van der Waals surface area contributed by atoms with E-state index in [1.165, 1.54) is 6.42 Å². The summed E-state index contributed by atoms with van der Waals surface area (Å²) in [4.78, 5) is 12.4. The summed E-state index contributed by atoms with van der Waals surface area (Å²) in [5, 5.41) is 3.79.